The van der Waals surface area contributed by atoms with Crippen LogP contribution in [0.4, 0.5) is 10.1 Å². The summed E-state index contributed by atoms with van der Waals surface area (Å²) < 4.78 is 20.0. The number of carbonyl (C=O) groups is 1. The predicted octanol–water partition coefficient (Wildman–Crippen LogP) is 0.773. The van der Waals surface area contributed by atoms with E-state index >= 15 is 0 Å². The number of hydrogen-bond donors (Lipinski definition) is 0. The topological polar surface area (TPSA) is 65.5 Å². The zero-order valence-electron chi connectivity index (χ0n) is 17.1. The molecule has 0 unspecified atom stereocenters. The molecule has 1 aliphatic heterocycles. The molecular weight excluding hydrogens is 430 g/mol. The van der Waals surface area contributed by atoms with Gasteiger partial charge in [0.15, 0.2) is 0 Å². The number of ether oxygens (including phenoxy) is 1. The van der Waals surface area contributed by atoms with Crippen molar-refractivity contribution in [3.63, 3.8) is 0 Å². The van der Waals surface area contributed by atoms with Gasteiger partial charge in [-0.2, -0.15) is 0 Å². The summed E-state index contributed by atoms with van der Waals surface area (Å²) in [5.74, 6) is -0.983. The summed E-state index contributed by atoms with van der Waals surface area (Å²) in [6.45, 7) is 1.36. The van der Waals surface area contributed by atoms with Crippen molar-refractivity contribution in [1.29, 1.82) is 0 Å². The van der Waals surface area contributed by atoms with Crippen LogP contribution in [0.15, 0.2) is 54.9 Å². The first kappa shape index (κ1) is 23.5. The van der Waals surface area contributed by atoms with Crippen LogP contribution in [0.1, 0.15) is 33.5 Å². The van der Waals surface area contributed by atoms with Crippen molar-refractivity contribution < 1.29 is 48.6 Å². The van der Waals surface area contributed by atoms with Crippen LogP contribution < -0.4 is 44.3 Å². The van der Waals surface area contributed by atoms with Gasteiger partial charge in [0.25, 0.3) is 0 Å². The average molecular weight is 449 g/mol. The first-order chi connectivity index (χ1) is 14.5. The number of benzene rings is 2. The molecule has 1 aliphatic rings. The number of carboxylic acids is 1. The largest absolute Gasteiger partial charge is 1.00 e. The third kappa shape index (κ3) is 5.39. The SMILES string of the molecule is O=C([O-])c1cncc2c1CCCN2Cc1ccccc1OCc1ccc(Cl)cc1F.[Na+]. The number of carboxylic acid groups (broad SMARTS) is 1. The van der Waals surface area contributed by atoms with Crippen LogP contribution in [0.3, 0.4) is 0 Å². The van der Waals surface area contributed by atoms with E-state index in [0.717, 1.165) is 29.8 Å². The molecule has 0 bridgehead atoms. The van der Waals surface area contributed by atoms with Gasteiger partial charge in [0.1, 0.15) is 18.2 Å². The fourth-order valence-electron chi connectivity index (χ4n) is 3.69. The standard InChI is InChI=1S/C23H20ClFN2O3.Na/c24-17-8-7-16(20(25)10-17)14-30-22-6-2-1-4-15(22)13-27-9-3-5-18-19(23(28)29)11-26-12-21(18)27;/h1-2,4,6-8,10-12H,3,5,9,13-14H2,(H,28,29);/q;+1/p-1. The normalized spacial score (nSPS) is 12.6. The minimum atomic E-state index is -1.21. The Bertz CT molecular complexity index is 1100. The number of anilines is 1. The monoisotopic (exact) mass is 448 g/mol. The molecule has 5 nitrogen and oxygen atoms in total. The van der Waals surface area contributed by atoms with Crippen molar-refractivity contribution in [2.24, 2.45) is 0 Å². The van der Waals surface area contributed by atoms with Gasteiger partial charge in [0.2, 0.25) is 0 Å². The summed E-state index contributed by atoms with van der Waals surface area (Å²) in [6.07, 6.45) is 4.53. The van der Waals surface area contributed by atoms with Crippen LogP contribution >= 0.6 is 11.6 Å². The van der Waals surface area contributed by atoms with Crippen LogP contribution in [-0.2, 0) is 19.6 Å². The number of aromatic nitrogens is 1. The molecule has 0 spiro atoms. The summed E-state index contributed by atoms with van der Waals surface area (Å²) in [5, 5.41) is 11.8. The number of rotatable bonds is 6. The number of nitrogens with zero attached hydrogens (tertiary/aromatic N) is 2. The Labute approximate surface area is 207 Å². The second-order valence-corrected chi connectivity index (χ2v) is 7.57. The fraction of sp³-hybridized carbons (Fsp3) is 0.217. The second kappa shape index (κ2) is 10.5. The Kier molecular flexibility index (Phi) is 7.94. The number of pyridine rings is 1. The fourth-order valence-corrected chi connectivity index (χ4v) is 3.85. The van der Waals surface area contributed by atoms with E-state index in [1.54, 1.807) is 18.3 Å². The third-order valence-corrected chi connectivity index (χ3v) is 5.42. The molecule has 2 aromatic carbocycles. The Morgan fingerprint density at radius 3 is 2.77 bits per heavy atom. The van der Waals surface area contributed by atoms with Gasteiger partial charge in [0, 0.05) is 41.0 Å². The molecule has 4 rings (SSSR count). The summed E-state index contributed by atoms with van der Waals surface area (Å²) >= 11 is 5.81. The summed E-state index contributed by atoms with van der Waals surface area (Å²) in [4.78, 5) is 17.6. The smallest absolute Gasteiger partial charge is 0.545 e. The molecule has 0 N–H and O–H groups in total. The van der Waals surface area contributed by atoms with Gasteiger partial charge in [-0.1, -0.05) is 35.9 Å². The summed E-state index contributed by atoms with van der Waals surface area (Å²) in [5.41, 5.74) is 3.01. The van der Waals surface area contributed by atoms with Crippen molar-refractivity contribution >= 4 is 23.3 Å². The number of para-hydroxylation sites is 1. The van der Waals surface area contributed by atoms with Crippen molar-refractivity contribution in [3.05, 3.63) is 88.0 Å². The number of carbonyl (C=O) groups excluding carboxylic acids is 1. The van der Waals surface area contributed by atoms with E-state index < -0.39 is 11.8 Å². The molecule has 154 valence electrons. The van der Waals surface area contributed by atoms with Crippen molar-refractivity contribution in [2.45, 2.75) is 26.0 Å². The van der Waals surface area contributed by atoms with Gasteiger partial charge in [-0.3, -0.25) is 4.98 Å². The number of hydrogen-bond acceptors (Lipinski definition) is 5. The molecule has 1 aromatic heterocycles. The maximum atomic E-state index is 14.1. The van der Waals surface area contributed by atoms with Crippen molar-refractivity contribution in [1.82, 2.24) is 4.98 Å². The quantitative estimate of drug-likeness (QED) is 0.521. The first-order valence-corrected chi connectivity index (χ1v) is 9.98. The van der Waals surface area contributed by atoms with E-state index in [0.29, 0.717) is 29.3 Å². The van der Waals surface area contributed by atoms with Crippen molar-refractivity contribution in [2.75, 3.05) is 11.4 Å². The van der Waals surface area contributed by atoms with Crippen molar-refractivity contribution in [3.8, 4) is 5.75 Å². The van der Waals surface area contributed by atoms with E-state index in [2.05, 4.69) is 9.88 Å². The Morgan fingerprint density at radius 2 is 2.00 bits per heavy atom. The average Bonchev–Trinajstić information content (AvgIpc) is 2.74. The van der Waals surface area contributed by atoms with Crippen LogP contribution in [0.5, 0.6) is 5.75 Å². The van der Waals surface area contributed by atoms with E-state index in [1.165, 1.54) is 12.3 Å². The van der Waals surface area contributed by atoms with Crippen LogP contribution in [-0.4, -0.2) is 17.5 Å². The first-order valence-electron chi connectivity index (χ1n) is 9.60. The second-order valence-electron chi connectivity index (χ2n) is 7.13. The van der Waals surface area contributed by atoms with Crippen LogP contribution in [0.25, 0.3) is 0 Å². The van der Waals surface area contributed by atoms with Crippen LogP contribution in [0, 0.1) is 5.82 Å². The molecule has 0 radical (unpaired) electrons. The zero-order chi connectivity index (χ0) is 21.1. The van der Waals surface area contributed by atoms with E-state index in [9.17, 15) is 14.3 Å². The Hall–Kier alpha value is -2.12. The van der Waals surface area contributed by atoms with Crippen LogP contribution in [0.2, 0.25) is 5.02 Å². The maximum Gasteiger partial charge on any atom is 1.00 e. The molecule has 0 amide bonds. The van der Waals surface area contributed by atoms with Gasteiger partial charge in [0.05, 0.1) is 17.9 Å². The molecule has 2 heterocycles. The Morgan fingerprint density at radius 1 is 1.19 bits per heavy atom. The van der Waals surface area contributed by atoms with Gasteiger partial charge in [-0.15, -0.1) is 0 Å². The zero-order valence-corrected chi connectivity index (χ0v) is 19.9. The molecule has 0 saturated carbocycles. The number of halogens is 2. The Balaban J connectivity index is 0.00000272. The number of aromatic carboxylic acids is 1. The van der Waals surface area contributed by atoms with Gasteiger partial charge in [-0.05, 0) is 36.6 Å². The molecule has 3 aromatic rings. The number of fused-ring (bicyclic) bond motifs is 1. The van der Waals surface area contributed by atoms with E-state index in [-0.39, 0.29) is 41.7 Å². The summed E-state index contributed by atoms with van der Waals surface area (Å²) in [7, 11) is 0. The van der Waals surface area contributed by atoms with E-state index in [4.69, 9.17) is 16.3 Å². The molecule has 0 saturated heterocycles. The van der Waals surface area contributed by atoms with Gasteiger partial charge < -0.3 is 19.5 Å². The van der Waals surface area contributed by atoms with E-state index in [1.807, 2.05) is 24.3 Å². The molecule has 31 heavy (non-hydrogen) atoms. The minimum Gasteiger partial charge on any atom is -0.545 e. The van der Waals surface area contributed by atoms with Gasteiger partial charge in [-0.25, -0.2) is 4.39 Å². The summed E-state index contributed by atoms with van der Waals surface area (Å²) in [6, 6.07) is 12.0. The maximum absolute atomic E-state index is 14.1. The third-order valence-electron chi connectivity index (χ3n) is 5.18. The van der Waals surface area contributed by atoms with Gasteiger partial charge >= 0.3 is 29.6 Å². The molecule has 0 atom stereocenters. The molecular formula is C23H19ClFN2NaO3. The molecule has 0 fully saturated rings. The predicted molar refractivity (Wildman–Crippen MR) is 110 cm³/mol. The molecule has 0 aliphatic carbocycles. The molecule has 8 heteroatoms. The minimum absolute atomic E-state index is 0.